The third-order valence-electron chi connectivity index (χ3n) is 5.57. The summed E-state index contributed by atoms with van der Waals surface area (Å²) in [5.74, 6) is 1.42. The zero-order valence-corrected chi connectivity index (χ0v) is 13.9. The van der Waals surface area contributed by atoms with Crippen molar-refractivity contribution in [1.29, 1.82) is 0 Å². The van der Waals surface area contributed by atoms with Gasteiger partial charge in [0.1, 0.15) is 5.69 Å². The first-order valence-electron chi connectivity index (χ1n) is 8.53. The lowest BCUT2D eigenvalue weighted by atomic mass is 9.76. The number of carbonyl (C=O) groups excluding carboxylic acids is 1. The summed E-state index contributed by atoms with van der Waals surface area (Å²) in [7, 11) is 4.02. The third kappa shape index (κ3) is 2.63. The van der Waals surface area contributed by atoms with Crippen LogP contribution in [0.1, 0.15) is 29.8 Å². The molecule has 23 heavy (non-hydrogen) atoms. The summed E-state index contributed by atoms with van der Waals surface area (Å²) in [4.78, 5) is 17.4. The molecule has 122 valence electrons. The van der Waals surface area contributed by atoms with Gasteiger partial charge < -0.3 is 9.80 Å². The van der Waals surface area contributed by atoms with E-state index in [1.54, 1.807) is 0 Å². The van der Waals surface area contributed by atoms with Crippen LogP contribution >= 0.6 is 0 Å². The van der Waals surface area contributed by atoms with Gasteiger partial charge in [-0.15, -0.1) is 0 Å². The normalized spacial score (nSPS) is 26.6. The maximum atomic E-state index is 12.8. The van der Waals surface area contributed by atoms with Crippen LogP contribution in [-0.2, 0) is 0 Å². The highest BCUT2D eigenvalue weighted by Gasteiger charge is 2.35. The topological polar surface area (TPSA) is 52.2 Å². The van der Waals surface area contributed by atoms with Gasteiger partial charge in [-0.3, -0.25) is 9.89 Å². The van der Waals surface area contributed by atoms with E-state index in [1.165, 1.54) is 25.9 Å². The Morgan fingerprint density at radius 1 is 1.35 bits per heavy atom. The van der Waals surface area contributed by atoms with Gasteiger partial charge >= 0.3 is 0 Å². The number of H-pyrrole nitrogens is 1. The van der Waals surface area contributed by atoms with Gasteiger partial charge in [-0.05, 0) is 56.0 Å². The van der Waals surface area contributed by atoms with Gasteiger partial charge in [0.15, 0.2) is 5.78 Å². The number of hydrogen-bond acceptors (Lipinski definition) is 4. The Kier molecular flexibility index (Phi) is 3.60. The molecule has 1 atom stereocenters. The summed E-state index contributed by atoms with van der Waals surface area (Å²) in [5, 5.41) is 8.27. The average Bonchev–Trinajstić information content (AvgIpc) is 2.99. The molecule has 4 heterocycles. The van der Waals surface area contributed by atoms with Gasteiger partial charge in [0.05, 0.1) is 5.52 Å². The largest absolute Gasteiger partial charge is 0.378 e. The number of hydrogen-bond donors (Lipinski definition) is 1. The summed E-state index contributed by atoms with van der Waals surface area (Å²) in [5.41, 5.74) is 2.64. The second kappa shape index (κ2) is 5.64. The molecule has 0 unspecified atom stereocenters. The second-order valence-corrected chi connectivity index (χ2v) is 7.22. The summed E-state index contributed by atoms with van der Waals surface area (Å²) in [6.07, 6.45) is 3.14. The van der Waals surface area contributed by atoms with Crippen molar-refractivity contribution >= 4 is 22.4 Å². The Bertz CT molecular complexity index is 728. The smallest absolute Gasteiger partial charge is 0.184 e. The van der Waals surface area contributed by atoms with Crippen LogP contribution in [0.15, 0.2) is 18.2 Å². The van der Waals surface area contributed by atoms with Crippen molar-refractivity contribution < 1.29 is 4.79 Å². The van der Waals surface area contributed by atoms with Crippen LogP contribution in [0.4, 0.5) is 5.69 Å². The molecule has 3 aliphatic heterocycles. The molecule has 0 radical (unpaired) electrons. The van der Waals surface area contributed by atoms with E-state index in [0.717, 1.165) is 29.1 Å². The molecule has 2 bridgehead atoms. The van der Waals surface area contributed by atoms with Crippen molar-refractivity contribution in [3.63, 3.8) is 0 Å². The number of ketones is 1. The number of benzene rings is 1. The number of fused-ring (bicyclic) bond motifs is 4. The molecule has 3 saturated heterocycles. The molecule has 0 aliphatic carbocycles. The van der Waals surface area contributed by atoms with Crippen LogP contribution in [0.2, 0.25) is 0 Å². The minimum atomic E-state index is 0.186. The SMILES string of the molecule is CN(C)c1ccc2[nH]nc(C(=O)C[C@@H]3CN4CCC3CC4)c2c1. The van der Waals surface area contributed by atoms with Crippen molar-refractivity contribution in [2.75, 3.05) is 38.6 Å². The molecule has 1 aromatic heterocycles. The predicted molar refractivity (Wildman–Crippen MR) is 92.0 cm³/mol. The van der Waals surface area contributed by atoms with Crippen molar-refractivity contribution in [2.45, 2.75) is 19.3 Å². The Morgan fingerprint density at radius 3 is 2.78 bits per heavy atom. The molecule has 3 fully saturated rings. The standard InChI is InChI=1S/C18H24N4O/c1-21(2)14-3-4-16-15(10-14)18(20-19-16)17(23)9-13-11-22-7-5-12(13)6-8-22/h3-4,10,12-13H,5-9,11H2,1-2H3,(H,19,20)/t13-/m1/s1. The fourth-order valence-electron chi connectivity index (χ4n) is 4.15. The molecule has 0 spiro atoms. The number of rotatable bonds is 4. The predicted octanol–water partition coefficient (Wildman–Crippen LogP) is 2.54. The maximum absolute atomic E-state index is 12.8. The highest BCUT2D eigenvalue weighted by Crippen LogP contribution is 2.35. The lowest BCUT2D eigenvalue weighted by Crippen LogP contribution is -2.47. The van der Waals surface area contributed by atoms with Crippen LogP contribution in [0, 0.1) is 11.8 Å². The quantitative estimate of drug-likeness (QED) is 0.882. The highest BCUT2D eigenvalue weighted by atomic mass is 16.1. The lowest BCUT2D eigenvalue weighted by molar-refractivity contribution is 0.0440. The van der Waals surface area contributed by atoms with E-state index in [9.17, 15) is 4.79 Å². The minimum absolute atomic E-state index is 0.186. The molecule has 1 aromatic carbocycles. The number of aromatic amines is 1. The molecule has 5 rings (SSSR count). The van der Waals surface area contributed by atoms with Crippen molar-refractivity contribution in [1.82, 2.24) is 15.1 Å². The number of carbonyl (C=O) groups is 1. The Balaban J connectivity index is 1.58. The van der Waals surface area contributed by atoms with Gasteiger partial charge in [-0.25, -0.2) is 0 Å². The fraction of sp³-hybridized carbons (Fsp3) is 0.556. The number of Topliss-reactive ketones (excluding diaryl/α,β-unsaturated/α-hetero) is 1. The van der Waals surface area contributed by atoms with Crippen LogP contribution in [0.5, 0.6) is 0 Å². The van der Waals surface area contributed by atoms with Crippen LogP contribution in [0.3, 0.4) is 0 Å². The van der Waals surface area contributed by atoms with E-state index in [4.69, 9.17) is 0 Å². The van der Waals surface area contributed by atoms with Gasteiger partial charge in [-0.1, -0.05) is 0 Å². The van der Waals surface area contributed by atoms with Crippen LogP contribution in [-0.4, -0.2) is 54.6 Å². The summed E-state index contributed by atoms with van der Waals surface area (Å²) < 4.78 is 0. The van der Waals surface area contributed by atoms with E-state index in [-0.39, 0.29) is 5.78 Å². The first-order chi connectivity index (χ1) is 11.1. The molecule has 5 heteroatoms. The molecular weight excluding hydrogens is 288 g/mol. The Hall–Kier alpha value is -1.88. The number of nitrogens with one attached hydrogen (secondary N) is 1. The number of anilines is 1. The minimum Gasteiger partial charge on any atom is -0.378 e. The number of nitrogens with zero attached hydrogens (tertiary/aromatic N) is 3. The molecule has 2 aromatic rings. The van der Waals surface area contributed by atoms with E-state index < -0.39 is 0 Å². The van der Waals surface area contributed by atoms with Gasteiger partial charge in [0, 0.05) is 38.1 Å². The molecule has 5 nitrogen and oxygen atoms in total. The average molecular weight is 312 g/mol. The zero-order valence-electron chi connectivity index (χ0n) is 13.9. The van der Waals surface area contributed by atoms with Crippen molar-refractivity contribution in [2.24, 2.45) is 11.8 Å². The molecule has 3 aliphatic rings. The molecule has 0 amide bonds. The first-order valence-corrected chi connectivity index (χ1v) is 8.53. The second-order valence-electron chi connectivity index (χ2n) is 7.22. The van der Waals surface area contributed by atoms with Gasteiger partial charge in [-0.2, -0.15) is 5.10 Å². The third-order valence-corrected chi connectivity index (χ3v) is 5.57. The Labute approximate surface area is 136 Å². The van der Waals surface area contributed by atoms with E-state index in [2.05, 4.69) is 21.2 Å². The lowest BCUT2D eigenvalue weighted by Gasteiger charge is -2.44. The fourth-order valence-corrected chi connectivity index (χ4v) is 4.15. The summed E-state index contributed by atoms with van der Waals surface area (Å²) in [6.45, 7) is 3.52. The maximum Gasteiger partial charge on any atom is 0.184 e. The first kappa shape index (κ1) is 14.7. The van der Waals surface area contributed by atoms with Crippen LogP contribution in [0.25, 0.3) is 10.9 Å². The van der Waals surface area contributed by atoms with Crippen molar-refractivity contribution in [3.8, 4) is 0 Å². The summed E-state index contributed by atoms with van der Waals surface area (Å²) >= 11 is 0. The van der Waals surface area contributed by atoms with Crippen molar-refractivity contribution in [3.05, 3.63) is 23.9 Å². The Morgan fingerprint density at radius 2 is 2.13 bits per heavy atom. The van der Waals surface area contributed by atoms with Gasteiger partial charge in [0.2, 0.25) is 0 Å². The molecule has 0 saturated carbocycles. The van der Waals surface area contributed by atoms with E-state index in [0.29, 0.717) is 18.0 Å². The number of aromatic nitrogens is 2. The van der Waals surface area contributed by atoms with E-state index >= 15 is 0 Å². The van der Waals surface area contributed by atoms with E-state index in [1.807, 2.05) is 31.1 Å². The highest BCUT2D eigenvalue weighted by molar-refractivity contribution is 6.06. The summed E-state index contributed by atoms with van der Waals surface area (Å²) in [6, 6.07) is 6.10. The zero-order chi connectivity index (χ0) is 16.0. The molecular formula is C18H24N4O. The number of piperidine rings is 3. The monoisotopic (exact) mass is 312 g/mol. The van der Waals surface area contributed by atoms with Gasteiger partial charge in [0.25, 0.3) is 0 Å². The van der Waals surface area contributed by atoms with Crippen LogP contribution < -0.4 is 4.90 Å². The molecule has 1 N–H and O–H groups in total.